The first-order valence-electron chi connectivity index (χ1n) is 6.19. The average molecular weight is 316 g/mol. The normalized spacial score (nSPS) is 10.9. The van der Waals surface area contributed by atoms with E-state index in [1.54, 1.807) is 23.5 Å². The molecule has 0 unspecified atom stereocenters. The summed E-state index contributed by atoms with van der Waals surface area (Å²) >= 11 is 13.7. The third kappa shape index (κ3) is 4.14. The summed E-state index contributed by atoms with van der Waals surface area (Å²) in [7, 11) is 0. The zero-order chi connectivity index (χ0) is 13.7. The minimum atomic E-state index is 0.653. The Morgan fingerprint density at radius 1 is 1.26 bits per heavy atom. The topological polar surface area (TPSA) is 37.8 Å². The van der Waals surface area contributed by atoms with Gasteiger partial charge >= 0.3 is 0 Å². The summed E-state index contributed by atoms with van der Waals surface area (Å²) in [6.45, 7) is 4.10. The third-order valence-corrected chi connectivity index (χ3v) is 4.20. The molecule has 0 saturated heterocycles. The Labute approximate surface area is 127 Å². The molecule has 0 radical (unpaired) electrons. The van der Waals surface area contributed by atoms with Crippen molar-refractivity contribution in [2.75, 3.05) is 13.1 Å². The summed E-state index contributed by atoms with van der Waals surface area (Å²) in [5.41, 5.74) is 0.851. The molecule has 102 valence electrons. The molecule has 1 N–H and O–H groups in total. The first-order valence-corrected chi connectivity index (χ1v) is 7.76. The monoisotopic (exact) mass is 315 g/mol. The molecule has 2 rings (SSSR count). The molecule has 6 heteroatoms. The molecular formula is C13H15Cl2N3S. The van der Waals surface area contributed by atoms with E-state index in [0.717, 1.165) is 41.5 Å². The van der Waals surface area contributed by atoms with Gasteiger partial charge in [-0.15, -0.1) is 10.2 Å². The Bertz CT molecular complexity index is 542. The van der Waals surface area contributed by atoms with Gasteiger partial charge in [0.25, 0.3) is 0 Å². The SMILES string of the molecule is CCNCCCc1nnc(-c2cc(Cl)ccc2Cl)s1. The zero-order valence-corrected chi connectivity index (χ0v) is 12.9. The number of hydrogen-bond donors (Lipinski definition) is 1. The van der Waals surface area contributed by atoms with Gasteiger partial charge in [0.1, 0.15) is 10.0 Å². The van der Waals surface area contributed by atoms with Crippen molar-refractivity contribution in [1.82, 2.24) is 15.5 Å². The van der Waals surface area contributed by atoms with Crippen LogP contribution in [0, 0.1) is 0 Å². The van der Waals surface area contributed by atoms with Gasteiger partial charge in [0.2, 0.25) is 0 Å². The second-order valence-electron chi connectivity index (χ2n) is 4.08. The Morgan fingerprint density at radius 3 is 2.89 bits per heavy atom. The van der Waals surface area contributed by atoms with Crippen molar-refractivity contribution in [1.29, 1.82) is 0 Å². The van der Waals surface area contributed by atoms with E-state index in [9.17, 15) is 0 Å². The van der Waals surface area contributed by atoms with Gasteiger partial charge in [-0.25, -0.2) is 0 Å². The molecule has 0 aliphatic rings. The number of nitrogens with zero attached hydrogens (tertiary/aromatic N) is 2. The van der Waals surface area contributed by atoms with Crippen LogP contribution in [0.3, 0.4) is 0 Å². The van der Waals surface area contributed by atoms with Gasteiger partial charge in [-0.1, -0.05) is 41.5 Å². The molecule has 2 aromatic rings. The summed E-state index contributed by atoms with van der Waals surface area (Å²) in [5.74, 6) is 0. The summed E-state index contributed by atoms with van der Waals surface area (Å²) in [6, 6.07) is 5.38. The number of rotatable bonds is 6. The van der Waals surface area contributed by atoms with E-state index >= 15 is 0 Å². The van der Waals surface area contributed by atoms with Crippen molar-refractivity contribution >= 4 is 34.5 Å². The highest BCUT2D eigenvalue weighted by molar-refractivity contribution is 7.14. The van der Waals surface area contributed by atoms with Gasteiger partial charge in [-0.2, -0.15) is 0 Å². The van der Waals surface area contributed by atoms with Gasteiger partial charge in [0, 0.05) is 17.0 Å². The van der Waals surface area contributed by atoms with E-state index in [2.05, 4.69) is 22.4 Å². The Morgan fingerprint density at radius 2 is 2.11 bits per heavy atom. The van der Waals surface area contributed by atoms with E-state index in [0.29, 0.717) is 10.0 Å². The maximum absolute atomic E-state index is 6.16. The Hall–Kier alpha value is -0.680. The molecule has 0 fully saturated rings. The van der Waals surface area contributed by atoms with Crippen LogP contribution in [-0.4, -0.2) is 23.3 Å². The quantitative estimate of drug-likeness (QED) is 0.817. The molecule has 0 bridgehead atoms. The molecule has 0 aliphatic carbocycles. The minimum absolute atomic E-state index is 0.653. The Kier molecular flexibility index (Phi) is 5.58. The van der Waals surface area contributed by atoms with E-state index in [4.69, 9.17) is 23.2 Å². The first kappa shape index (κ1) is 14.7. The van der Waals surface area contributed by atoms with Crippen molar-refractivity contribution in [3.8, 4) is 10.6 Å². The smallest absolute Gasteiger partial charge is 0.149 e. The number of halogens is 2. The average Bonchev–Trinajstić information content (AvgIpc) is 2.86. The predicted octanol–water partition coefficient (Wildman–Crippen LogP) is 4.05. The van der Waals surface area contributed by atoms with Gasteiger partial charge < -0.3 is 5.32 Å². The molecule has 3 nitrogen and oxygen atoms in total. The lowest BCUT2D eigenvalue weighted by Gasteiger charge is -2.00. The number of benzene rings is 1. The molecule has 19 heavy (non-hydrogen) atoms. The molecule has 0 amide bonds. The standard InChI is InChI=1S/C13H15Cl2N3S/c1-2-16-7-3-4-12-17-18-13(19-12)10-8-9(14)5-6-11(10)15/h5-6,8,16H,2-4,7H2,1H3. The highest BCUT2D eigenvalue weighted by atomic mass is 35.5. The number of nitrogens with one attached hydrogen (secondary N) is 1. The number of aryl methyl sites for hydroxylation is 1. The molecule has 0 atom stereocenters. The summed E-state index contributed by atoms with van der Waals surface area (Å²) < 4.78 is 0. The van der Waals surface area contributed by atoms with Crippen molar-refractivity contribution in [2.24, 2.45) is 0 Å². The molecule has 1 aromatic heterocycles. The van der Waals surface area contributed by atoms with Gasteiger partial charge in [-0.3, -0.25) is 0 Å². The fourth-order valence-electron chi connectivity index (χ4n) is 1.67. The lowest BCUT2D eigenvalue weighted by atomic mass is 10.2. The molecule has 0 aliphatic heterocycles. The second-order valence-corrected chi connectivity index (χ2v) is 5.99. The summed E-state index contributed by atoms with van der Waals surface area (Å²) in [4.78, 5) is 0. The highest BCUT2D eigenvalue weighted by Gasteiger charge is 2.10. The lowest BCUT2D eigenvalue weighted by Crippen LogP contribution is -2.14. The van der Waals surface area contributed by atoms with Gasteiger partial charge in [0.05, 0.1) is 5.02 Å². The predicted molar refractivity (Wildman–Crippen MR) is 82.2 cm³/mol. The van der Waals surface area contributed by atoms with E-state index in [-0.39, 0.29) is 0 Å². The van der Waals surface area contributed by atoms with Crippen LogP contribution < -0.4 is 5.32 Å². The summed E-state index contributed by atoms with van der Waals surface area (Å²) in [6.07, 6.45) is 1.99. The minimum Gasteiger partial charge on any atom is -0.317 e. The fraction of sp³-hybridized carbons (Fsp3) is 0.385. The van der Waals surface area contributed by atoms with Crippen molar-refractivity contribution in [3.63, 3.8) is 0 Å². The maximum atomic E-state index is 6.16. The van der Waals surface area contributed by atoms with Crippen molar-refractivity contribution in [2.45, 2.75) is 19.8 Å². The van der Waals surface area contributed by atoms with Crippen LogP contribution in [0.2, 0.25) is 10.0 Å². The number of hydrogen-bond acceptors (Lipinski definition) is 4. The third-order valence-electron chi connectivity index (χ3n) is 2.62. The fourth-order valence-corrected chi connectivity index (χ4v) is 3.01. The van der Waals surface area contributed by atoms with E-state index in [1.165, 1.54) is 0 Å². The maximum Gasteiger partial charge on any atom is 0.149 e. The van der Waals surface area contributed by atoms with Crippen LogP contribution in [0.5, 0.6) is 0 Å². The molecule has 0 spiro atoms. The first-order chi connectivity index (χ1) is 9.20. The van der Waals surface area contributed by atoms with Crippen LogP contribution in [0.25, 0.3) is 10.6 Å². The zero-order valence-electron chi connectivity index (χ0n) is 10.6. The second kappa shape index (κ2) is 7.20. The molecule has 1 heterocycles. The van der Waals surface area contributed by atoms with Crippen molar-refractivity contribution in [3.05, 3.63) is 33.3 Å². The Balaban J connectivity index is 2.06. The van der Waals surface area contributed by atoms with Crippen LogP contribution in [-0.2, 0) is 6.42 Å². The van der Waals surface area contributed by atoms with E-state index in [1.807, 2.05) is 6.07 Å². The summed E-state index contributed by atoms with van der Waals surface area (Å²) in [5, 5.41) is 14.8. The van der Waals surface area contributed by atoms with Gasteiger partial charge in [-0.05, 0) is 37.7 Å². The highest BCUT2D eigenvalue weighted by Crippen LogP contribution is 2.32. The van der Waals surface area contributed by atoms with E-state index < -0.39 is 0 Å². The number of aromatic nitrogens is 2. The molecular weight excluding hydrogens is 301 g/mol. The van der Waals surface area contributed by atoms with Crippen LogP contribution in [0.4, 0.5) is 0 Å². The molecule has 0 saturated carbocycles. The van der Waals surface area contributed by atoms with Crippen molar-refractivity contribution < 1.29 is 0 Å². The van der Waals surface area contributed by atoms with Crippen LogP contribution in [0.1, 0.15) is 18.4 Å². The van der Waals surface area contributed by atoms with Gasteiger partial charge in [0.15, 0.2) is 0 Å². The van der Waals surface area contributed by atoms with Crippen LogP contribution >= 0.6 is 34.5 Å². The largest absolute Gasteiger partial charge is 0.317 e. The lowest BCUT2D eigenvalue weighted by molar-refractivity contribution is 0.669. The van der Waals surface area contributed by atoms with Crippen LogP contribution in [0.15, 0.2) is 18.2 Å². The molecule has 1 aromatic carbocycles.